The van der Waals surface area contributed by atoms with Gasteiger partial charge in [-0.05, 0) is 44.7 Å². The van der Waals surface area contributed by atoms with Gasteiger partial charge in [-0.1, -0.05) is 18.2 Å². The first-order valence-electron chi connectivity index (χ1n) is 9.70. The molecule has 2 amide bonds. The van der Waals surface area contributed by atoms with E-state index in [0.29, 0.717) is 25.4 Å². The third kappa shape index (κ3) is 4.75. The Balaban J connectivity index is 1.52. The topological polar surface area (TPSA) is 53.1 Å². The Morgan fingerprint density at radius 1 is 0.846 bits per heavy atom. The Bertz CT molecular complexity index is 602. The van der Waals surface area contributed by atoms with Gasteiger partial charge in [0.2, 0.25) is 5.91 Å². The molecule has 0 aromatic heterocycles. The maximum Gasteiger partial charge on any atom is 0.415 e. The van der Waals surface area contributed by atoms with Crippen molar-refractivity contribution in [3.05, 3.63) is 30.3 Å². The lowest BCUT2D eigenvalue weighted by Crippen LogP contribution is -2.49. The number of carbonyl (C=O) groups is 2. The SMILES string of the molecule is CC(C(=O)N1CCCCC1)N1CCCN(C(=O)Oc2ccccc2)CC1. The summed E-state index contributed by atoms with van der Waals surface area (Å²) in [6, 6.07) is 9.02. The standard InChI is InChI=1S/C20H29N3O3/c1-17(19(24)22-11-6-3-7-12-22)21-13-8-14-23(16-15-21)20(25)26-18-9-4-2-5-10-18/h2,4-5,9-10,17H,3,6-8,11-16H2,1H3. The van der Waals surface area contributed by atoms with Crippen LogP contribution in [0.4, 0.5) is 4.79 Å². The van der Waals surface area contributed by atoms with E-state index >= 15 is 0 Å². The Hall–Kier alpha value is -2.08. The summed E-state index contributed by atoms with van der Waals surface area (Å²) in [5.74, 6) is 0.789. The van der Waals surface area contributed by atoms with Crippen LogP contribution < -0.4 is 4.74 Å². The molecule has 3 rings (SSSR count). The van der Waals surface area contributed by atoms with E-state index in [0.717, 1.165) is 38.9 Å². The minimum atomic E-state index is -0.312. The second-order valence-electron chi connectivity index (χ2n) is 7.12. The molecule has 2 aliphatic rings. The van der Waals surface area contributed by atoms with Crippen molar-refractivity contribution >= 4 is 12.0 Å². The lowest BCUT2D eigenvalue weighted by atomic mass is 10.1. The van der Waals surface area contributed by atoms with Gasteiger partial charge in [-0.25, -0.2) is 4.79 Å². The van der Waals surface area contributed by atoms with Gasteiger partial charge in [-0.2, -0.15) is 0 Å². The predicted molar refractivity (Wildman–Crippen MR) is 100 cm³/mol. The molecule has 1 unspecified atom stereocenters. The fourth-order valence-electron chi connectivity index (χ4n) is 3.70. The number of nitrogens with zero attached hydrogens (tertiary/aromatic N) is 3. The second kappa shape index (κ2) is 9.03. The number of piperidine rings is 1. The average molecular weight is 359 g/mol. The van der Waals surface area contributed by atoms with E-state index in [4.69, 9.17) is 4.74 Å². The summed E-state index contributed by atoms with van der Waals surface area (Å²) in [6.45, 7) is 6.53. The van der Waals surface area contributed by atoms with Crippen molar-refractivity contribution in [3.8, 4) is 5.75 Å². The maximum atomic E-state index is 12.7. The van der Waals surface area contributed by atoms with E-state index in [9.17, 15) is 9.59 Å². The molecule has 0 spiro atoms. The maximum absolute atomic E-state index is 12.7. The number of hydrogen-bond donors (Lipinski definition) is 0. The highest BCUT2D eigenvalue weighted by Crippen LogP contribution is 2.15. The number of benzene rings is 1. The van der Waals surface area contributed by atoms with Gasteiger partial charge in [-0.3, -0.25) is 9.69 Å². The molecule has 2 saturated heterocycles. The minimum absolute atomic E-state index is 0.127. The summed E-state index contributed by atoms with van der Waals surface area (Å²) < 4.78 is 5.44. The van der Waals surface area contributed by atoms with Crippen LogP contribution >= 0.6 is 0 Å². The van der Waals surface area contributed by atoms with Crippen LogP contribution in [0.15, 0.2) is 30.3 Å². The van der Waals surface area contributed by atoms with Gasteiger partial charge in [0.1, 0.15) is 5.75 Å². The summed E-state index contributed by atoms with van der Waals surface area (Å²) in [6.07, 6.45) is 3.98. The molecule has 0 N–H and O–H groups in total. The molecular formula is C20H29N3O3. The summed E-state index contributed by atoms with van der Waals surface area (Å²) in [5, 5.41) is 0. The first-order chi connectivity index (χ1) is 12.6. The van der Waals surface area contributed by atoms with Crippen LogP contribution in [0.5, 0.6) is 5.75 Å². The molecule has 6 heteroatoms. The van der Waals surface area contributed by atoms with Crippen LogP contribution in [0.2, 0.25) is 0 Å². The highest BCUT2D eigenvalue weighted by atomic mass is 16.6. The van der Waals surface area contributed by atoms with Gasteiger partial charge in [0.05, 0.1) is 6.04 Å². The summed E-state index contributed by atoms with van der Waals surface area (Å²) in [7, 11) is 0. The zero-order valence-corrected chi connectivity index (χ0v) is 15.6. The van der Waals surface area contributed by atoms with Gasteiger partial charge >= 0.3 is 6.09 Å². The van der Waals surface area contributed by atoms with Gasteiger partial charge in [0.15, 0.2) is 0 Å². The molecule has 0 radical (unpaired) electrons. The third-order valence-corrected chi connectivity index (χ3v) is 5.31. The van der Waals surface area contributed by atoms with Crippen molar-refractivity contribution in [2.75, 3.05) is 39.3 Å². The zero-order valence-electron chi connectivity index (χ0n) is 15.6. The van der Waals surface area contributed by atoms with Crippen molar-refractivity contribution in [2.24, 2.45) is 0 Å². The number of amides is 2. The van der Waals surface area contributed by atoms with E-state index in [1.54, 1.807) is 17.0 Å². The normalized spacial score (nSPS) is 20.3. The van der Waals surface area contributed by atoms with E-state index in [-0.39, 0.29) is 18.0 Å². The Morgan fingerprint density at radius 2 is 1.54 bits per heavy atom. The van der Waals surface area contributed by atoms with Crippen molar-refractivity contribution < 1.29 is 14.3 Å². The molecule has 0 saturated carbocycles. The fraction of sp³-hybridized carbons (Fsp3) is 0.600. The van der Waals surface area contributed by atoms with Gasteiger partial charge in [0, 0.05) is 39.3 Å². The molecule has 6 nitrogen and oxygen atoms in total. The van der Waals surface area contributed by atoms with Gasteiger partial charge < -0.3 is 14.5 Å². The van der Waals surface area contributed by atoms with Crippen LogP contribution in [0.25, 0.3) is 0 Å². The van der Waals surface area contributed by atoms with Crippen LogP contribution in [-0.2, 0) is 4.79 Å². The van der Waals surface area contributed by atoms with E-state index in [1.807, 2.05) is 30.0 Å². The molecule has 1 aromatic rings. The first-order valence-corrected chi connectivity index (χ1v) is 9.70. The zero-order chi connectivity index (χ0) is 18.4. The van der Waals surface area contributed by atoms with Crippen LogP contribution in [-0.4, -0.2) is 72.0 Å². The third-order valence-electron chi connectivity index (χ3n) is 5.31. The molecule has 0 aliphatic carbocycles. The Labute approximate surface area is 155 Å². The summed E-state index contributed by atoms with van der Waals surface area (Å²) in [5.41, 5.74) is 0. The molecule has 2 heterocycles. The number of hydrogen-bond acceptors (Lipinski definition) is 4. The smallest absolute Gasteiger partial charge is 0.410 e. The highest BCUT2D eigenvalue weighted by Gasteiger charge is 2.29. The van der Waals surface area contributed by atoms with Crippen LogP contribution in [0.1, 0.15) is 32.6 Å². The van der Waals surface area contributed by atoms with E-state index in [2.05, 4.69) is 4.90 Å². The highest BCUT2D eigenvalue weighted by molar-refractivity contribution is 5.81. The first kappa shape index (κ1) is 18.7. The van der Waals surface area contributed by atoms with Crippen molar-refractivity contribution in [1.29, 1.82) is 0 Å². The second-order valence-corrected chi connectivity index (χ2v) is 7.12. The Kier molecular flexibility index (Phi) is 6.50. The molecule has 1 atom stereocenters. The van der Waals surface area contributed by atoms with Gasteiger partial charge in [0.25, 0.3) is 0 Å². The van der Waals surface area contributed by atoms with Crippen LogP contribution in [0, 0.1) is 0 Å². The summed E-state index contributed by atoms with van der Waals surface area (Å²) >= 11 is 0. The summed E-state index contributed by atoms with van der Waals surface area (Å²) in [4.78, 5) is 31.1. The number of likely N-dealkylation sites (tertiary alicyclic amines) is 1. The number of rotatable bonds is 3. The molecule has 2 aliphatic heterocycles. The van der Waals surface area contributed by atoms with E-state index < -0.39 is 0 Å². The molecular weight excluding hydrogens is 330 g/mol. The lowest BCUT2D eigenvalue weighted by molar-refractivity contribution is -0.137. The molecule has 26 heavy (non-hydrogen) atoms. The quantitative estimate of drug-likeness (QED) is 0.832. The van der Waals surface area contributed by atoms with E-state index in [1.165, 1.54) is 6.42 Å². The van der Waals surface area contributed by atoms with Crippen molar-refractivity contribution in [2.45, 2.75) is 38.6 Å². The predicted octanol–water partition coefficient (Wildman–Crippen LogP) is 2.59. The molecule has 2 fully saturated rings. The fourth-order valence-corrected chi connectivity index (χ4v) is 3.70. The molecule has 0 bridgehead atoms. The Morgan fingerprint density at radius 3 is 2.27 bits per heavy atom. The van der Waals surface area contributed by atoms with Crippen LogP contribution in [0.3, 0.4) is 0 Å². The van der Waals surface area contributed by atoms with Gasteiger partial charge in [-0.15, -0.1) is 0 Å². The van der Waals surface area contributed by atoms with Crippen molar-refractivity contribution in [3.63, 3.8) is 0 Å². The number of carbonyl (C=O) groups excluding carboxylic acids is 2. The number of para-hydroxylation sites is 1. The molecule has 142 valence electrons. The lowest BCUT2D eigenvalue weighted by Gasteiger charge is -2.34. The average Bonchev–Trinajstić information content (AvgIpc) is 2.94. The largest absolute Gasteiger partial charge is 0.415 e. The minimum Gasteiger partial charge on any atom is -0.410 e. The number of ether oxygens (including phenoxy) is 1. The monoisotopic (exact) mass is 359 g/mol. The van der Waals surface area contributed by atoms with Crippen molar-refractivity contribution in [1.82, 2.24) is 14.7 Å². The molecule has 1 aromatic carbocycles.